The lowest BCUT2D eigenvalue weighted by molar-refractivity contribution is -0.132. The summed E-state index contributed by atoms with van der Waals surface area (Å²) >= 11 is 0. The van der Waals surface area contributed by atoms with Gasteiger partial charge in [-0.2, -0.15) is 0 Å². The van der Waals surface area contributed by atoms with Crippen LogP contribution in [0.2, 0.25) is 0 Å². The van der Waals surface area contributed by atoms with Crippen LogP contribution in [-0.2, 0) is 4.79 Å². The molecule has 4 aromatic carbocycles. The third-order valence-corrected chi connectivity index (χ3v) is 9.50. The van der Waals surface area contributed by atoms with Gasteiger partial charge in [0.2, 0.25) is 0 Å². The minimum absolute atomic E-state index is 0.0463. The Labute approximate surface area is 217 Å². The number of carboxylic acids is 1. The number of carbonyl (C=O) groups is 1. The first-order chi connectivity index (χ1) is 18.1. The van der Waals surface area contributed by atoms with Crippen LogP contribution in [0.1, 0.15) is 5.56 Å². The van der Waals surface area contributed by atoms with Gasteiger partial charge in [0.05, 0.1) is 26.8 Å². The second kappa shape index (κ2) is 12.1. The quantitative estimate of drug-likeness (QED) is 0.174. The molecule has 0 spiro atoms. The van der Waals surface area contributed by atoms with E-state index in [4.69, 9.17) is 14.2 Å². The summed E-state index contributed by atoms with van der Waals surface area (Å²) in [7, 11) is 0.450. The van der Waals surface area contributed by atoms with E-state index in [1.807, 2.05) is 109 Å². The maximum Gasteiger partial charge on any atom is 0.354 e. The first-order valence-electron chi connectivity index (χ1n) is 11.7. The Morgan fingerprint density at radius 3 is 1.51 bits per heavy atom. The fourth-order valence-electron chi connectivity index (χ4n) is 4.14. The molecule has 0 saturated heterocycles. The molecule has 0 amide bonds. The van der Waals surface area contributed by atoms with Crippen LogP contribution in [0, 0.1) is 0 Å². The molecule has 6 heteroatoms. The van der Waals surface area contributed by atoms with Gasteiger partial charge in [0.25, 0.3) is 0 Å². The van der Waals surface area contributed by atoms with Crippen molar-refractivity contribution in [1.29, 1.82) is 0 Å². The van der Waals surface area contributed by atoms with Crippen LogP contribution >= 0.6 is 7.05 Å². The van der Waals surface area contributed by atoms with Crippen LogP contribution < -0.4 is 25.4 Å². The number of methoxy groups -OCH3 is 2. The minimum atomic E-state index is -2.71. The van der Waals surface area contributed by atoms with E-state index in [-0.39, 0.29) is 5.70 Å². The number of rotatable bonds is 9. The third kappa shape index (κ3) is 5.58. The van der Waals surface area contributed by atoms with E-state index in [0.29, 0.717) is 17.1 Å². The molecule has 1 N–H and O–H groups in total. The minimum Gasteiger partial charge on any atom is -0.496 e. The number of carboxylic acid groups (broad SMARTS) is 1. The zero-order valence-corrected chi connectivity index (χ0v) is 21.6. The summed E-state index contributed by atoms with van der Waals surface area (Å²) < 4.78 is 16.0. The Morgan fingerprint density at radius 1 is 0.703 bits per heavy atom. The lowest BCUT2D eigenvalue weighted by atomic mass is 10.1. The average molecular weight is 510 g/mol. The van der Waals surface area contributed by atoms with Crippen molar-refractivity contribution in [2.75, 3.05) is 14.2 Å². The monoisotopic (exact) mass is 509 g/mol. The van der Waals surface area contributed by atoms with Gasteiger partial charge in [0.15, 0.2) is 0 Å². The smallest absolute Gasteiger partial charge is 0.354 e. The average Bonchev–Trinajstić information content (AvgIpc) is 2.96. The van der Waals surface area contributed by atoms with E-state index in [0.717, 1.165) is 15.9 Å². The fraction of sp³-hybridized carbons (Fsp3) is 0.0645. The predicted molar refractivity (Wildman–Crippen MR) is 152 cm³/mol. The number of aliphatic carboxylic acids is 1. The van der Waals surface area contributed by atoms with E-state index >= 15 is 0 Å². The Balaban J connectivity index is 1.98. The lowest BCUT2D eigenvalue weighted by Crippen LogP contribution is -2.25. The van der Waals surface area contributed by atoms with Crippen molar-refractivity contribution in [2.24, 2.45) is 4.74 Å². The van der Waals surface area contributed by atoms with Crippen LogP contribution in [0.25, 0.3) is 6.08 Å². The molecule has 5 nitrogen and oxygen atoms in total. The molecular weight excluding hydrogens is 481 g/mol. The molecule has 186 valence electrons. The summed E-state index contributed by atoms with van der Waals surface area (Å²) in [4.78, 5) is 12.5. The molecule has 0 aliphatic rings. The van der Waals surface area contributed by atoms with Crippen molar-refractivity contribution in [2.45, 2.75) is 0 Å². The molecule has 0 unspecified atom stereocenters. The highest BCUT2D eigenvalue weighted by atomic mass is 31.2. The maximum atomic E-state index is 12.5. The van der Waals surface area contributed by atoms with Crippen molar-refractivity contribution >= 4 is 35.0 Å². The topological polar surface area (TPSA) is 68.1 Å². The molecule has 4 rings (SSSR count). The van der Waals surface area contributed by atoms with Gasteiger partial charge in [-0.1, -0.05) is 103 Å². The molecule has 0 aliphatic carbocycles. The van der Waals surface area contributed by atoms with Crippen LogP contribution in [-0.4, -0.2) is 25.3 Å². The molecule has 0 aliphatic heterocycles. The van der Waals surface area contributed by atoms with Crippen LogP contribution in [0.4, 0.5) is 0 Å². The highest BCUT2D eigenvalue weighted by molar-refractivity contribution is 7.87. The first-order valence-corrected chi connectivity index (χ1v) is 13.5. The van der Waals surface area contributed by atoms with E-state index in [1.165, 1.54) is 6.08 Å². The number of allylic oxidation sites excluding steroid dienone is 2. The number of hydrogen-bond acceptors (Lipinski definition) is 4. The Bertz CT molecular complexity index is 1340. The second-order valence-electron chi connectivity index (χ2n) is 8.03. The number of hydrogen-bond donors (Lipinski definition) is 1. The van der Waals surface area contributed by atoms with Crippen LogP contribution in [0.15, 0.2) is 132 Å². The van der Waals surface area contributed by atoms with Crippen molar-refractivity contribution in [3.63, 3.8) is 0 Å². The summed E-state index contributed by atoms with van der Waals surface area (Å²) in [6.07, 6.45) is 4.96. The van der Waals surface area contributed by atoms with Gasteiger partial charge in [-0.25, -0.2) is 9.54 Å². The van der Waals surface area contributed by atoms with Gasteiger partial charge < -0.3 is 14.6 Å². The molecule has 4 aromatic rings. The van der Waals surface area contributed by atoms with E-state index < -0.39 is 13.0 Å². The van der Waals surface area contributed by atoms with E-state index in [1.54, 1.807) is 26.4 Å². The molecule has 0 aromatic heterocycles. The Morgan fingerprint density at radius 2 is 1.14 bits per heavy atom. The largest absolute Gasteiger partial charge is 0.496 e. The SMILES string of the molecule is COc1cccc(OC)c1/C=C/C=C(\N=P(c1ccccc1)(c1ccccc1)c1ccccc1)C(=O)O. The number of nitrogens with zero attached hydrogens (tertiary/aromatic N) is 1. The first kappa shape index (κ1) is 25.7. The van der Waals surface area contributed by atoms with Gasteiger partial charge in [0, 0.05) is 15.9 Å². The van der Waals surface area contributed by atoms with E-state index in [2.05, 4.69) is 0 Å². The van der Waals surface area contributed by atoms with Crippen molar-refractivity contribution in [1.82, 2.24) is 0 Å². The zero-order valence-electron chi connectivity index (χ0n) is 20.7. The van der Waals surface area contributed by atoms with Gasteiger partial charge in [-0.05, 0) is 24.3 Å². The summed E-state index contributed by atoms with van der Waals surface area (Å²) in [5, 5.41) is 13.2. The fourth-order valence-corrected chi connectivity index (χ4v) is 7.67. The Hall–Kier alpha value is -4.34. The highest BCUT2D eigenvalue weighted by Crippen LogP contribution is 2.47. The van der Waals surface area contributed by atoms with Crippen LogP contribution in [0.5, 0.6) is 11.5 Å². The molecule has 0 radical (unpaired) electrons. The maximum absolute atomic E-state index is 12.5. The summed E-state index contributed by atoms with van der Waals surface area (Å²) in [5.74, 6) is 0.138. The van der Waals surface area contributed by atoms with Crippen molar-refractivity contribution < 1.29 is 19.4 Å². The molecule has 0 atom stereocenters. The van der Waals surface area contributed by atoms with Gasteiger partial charge in [-0.3, -0.25) is 0 Å². The standard InChI is InChI=1S/C31H28NO4P/c1-35-29-22-13-23-30(36-2)27(29)20-12-21-28(31(33)34)32-37(24-14-6-3-7-15-24,25-16-8-4-9-17-25)26-18-10-5-11-19-26/h3-23H,1-2H3,(H,33,34)/b20-12+,28-21-. The van der Waals surface area contributed by atoms with Gasteiger partial charge in [-0.15, -0.1) is 0 Å². The normalized spacial score (nSPS) is 11.8. The predicted octanol–water partition coefficient (Wildman–Crippen LogP) is 5.86. The summed E-state index contributed by atoms with van der Waals surface area (Å²) in [6.45, 7) is 0. The summed E-state index contributed by atoms with van der Waals surface area (Å²) in [6, 6.07) is 35.2. The zero-order chi connectivity index (χ0) is 26.1. The number of benzene rings is 4. The molecule has 0 bridgehead atoms. The number of ether oxygens (including phenoxy) is 2. The van der Waals surface area contributed by atoms with Crippen molar-refractivity contribution in [3.8, 4) is 11.5 Å². The molecule has 37 heavy (non-hydrogen) atoms. The molecular formula is C31H28NO4P. The van der Waals surface area contributed by atoms with E-state index in [9.17, 15) is 9.90 Å². The molecule has 0 saturated carbocycles. The third-order valence-electron chi connectivity index (χ3n) is 5.85. The second-order valence-corrected chi connectivity index (χ2v) is 11.1. The Kier molecular flexibility index (Phi) is 8.40. The summed E-state index contributed by atoms with van der Waals surface area (Å²) in [5.41, 5.74) is 0.665. The van der Waals surface area contributed by atoms with Gasteiger partial charge >= 0.3 is 5.97 Å². The molecule has 0 fully saturated rings. The van der Waals surface area contributed by atoms with Gasteiger partial charge in [0.1, 0.15) is 17.2 Å². The van der Waals surface area contributed by atoms with Crippen molar-refractivity contribution in [3.05, 3.63) is 133 Å². The lowest BCUT2D eigenvalue weighted by Gasteiger charge is -2.27. The molecule has 0 heterocycles. The highest BCUT2D eigenvalue weighted by Gasteiger charge is 2.28. The van der Waals surface area contributed by atoms with Crippen LogP contribution in [0.3, 0.4) is 0 Å².